The van der Waals surface area contributed by atoms with Gasteiger partial charge in [0.2, 0.25) is 0 Å². The molecular weight excluding hydrogens is 298 g/mol. The second-order valence-electron chi connectivity index (χ2n) is 6.37. The molecule has 0 radical (unpaired) electrons. The second-order valence-corrected chi connectivity index (χ2v) is 6.37. The van der Waals surface area contributed by atoms with E-state index < -0.39 is 0 Å². The van der Waals surface area contributed by atoms with Crippen molar-refractivity contribution in [2.45, 2.75) is 32.7 Å². The van der Waals surface area contributed by atoms with Crippen LogP contribution in [0.2, 0.25) is 0 Å². The molecule has 0 fully saturated rings. The Morgan fingerprint density at radius 1 is 1.21 bits per heavy atom. The lowest BCUT2D eigenvalue weighted by molar-refractivity contribution is 0.415. The molecule has 1 aromatic heterocycles. The molecule has 4 heteroatoms. The molecule has 0 aliphatic rings. The zero-order chi connectivity index (χ0) is 17.1. The summed E-state index contributed by atoms with van der Waals surface area (Å²) >= 11 is 0. The molecule has 1 heterocycles. The number of hydrogen-bond donors (Lipinski definition) is 2. The van der Waals surface area contributed by atoms with Crippen LogP contribution in [0.25, 0.3) is 21.8 Å². The first-order valence-electron chi connectivity index (χ1n) is 8.46. The first kappa shape index (κ1) is 16.5. The molecule has 4 nitrogen and oxygen atoms in total. The summed E-state index contributed by atoms with van der Waals surface area (Å²) in [7, 11) is 1.70. The third kappa shape index (κ3) is 3.29. The van der Waals surface area contributed by atoms with Gasteiger partial charge in [-0.15, -0.1) is 0 Å². The van der Waals surface area contributed by atoms with E-state index in [1.165, 1.54) is 10.9 Å². The molecule has 0 spiro atoms. The number of para-hydroxylation sites is 1. The normalized spacial score (nSPS) is 12.5. The Morgan fingerprint density at radius 3 is 2.75 bits per heavy atom. The third-order valence-electron chi connectivity index (χ3n) is 4.42. The number of rotatable bonds is 6. The van der Waals surface area contributed by atoms with Crippen molar-refractivity contribution in [3.05, 3.63) is 42.0 Å². The van der Waals surface area contributed by atoms with Crippen LogP contribution in [-0.2, 0) is 0 Å². The number of methoxy groups -OCH3 is 1. The molecule has 3 N–H and O–H groups in total. The van der Waals surface area contributed by atoms with E-state index in [4.69, 9.17) is 15.5 Å². The molecule has 0 bridgehead atoms. The smallest absolute Gasteiger partial charge is 0.121 e. The first-order valence-corrected chi connectivity index (χ1v) is 8.46. The molecule has 0 saturated heterocycles. The fraction of sp³-hybridized carbons (Fsp3) is 0.350. The average molecular weight is 323 g/mol. The van der Waals surface area contributed by atoms with Gasteiger partial charge in [0, 0.05) is 29.4 Å². The van der Waals surface area contributed by atoms with Crippen molar-refractivity contribution < 1.29 is 4.74 Å². The van der Waals surface area contributed by atoms with Crippen LogP contribution in [-0.4, -0.2) is 24.7 Å². The van der Waals surface area contributed by atoms with E-state index >= 15 is 0 Å². The number of hydrogen-bond acceptors (Lipinski definition) is 4. The minimum Gasteiger partial charge on any atom is -0.497 e. The number of nitrogens with one attached hydrogen (secondary N) is 1. The van der Waals surface area contributed by atoms with E-state index in [9.17, 15) is 0 Å². The molecule has 0 saturated carbocycles. The molecule has 0 amide bonds. The van der Waals surface area contributed by atoms with Gasteiger partial charge in [-0.25, -0.2) is 4.98 Å². The molecule has 3 aromatic rings. The van der Waals surface area contributed by atoms with Gasteiger partial charge in [-0.05, 0) is 44.4 Å². The van der Waals surface area contributed by atoms with Gasteiger partial charge < -0.3 is 15.8 Å². The summed E-state index contributed by atoms with van der Waals surface area (Å²) in [4.78, 5) is 4.88. The Hall–Kier alpha value is -2.33. The Balaban J connectivity index is 2.06. The average Bonchev–Trinajstić information content (AvgIpc) is 2.59. The SMILES string of the molecule is COc1cc(NCCC[C@@H](C)N)c2nc3ccccc3c(C)c2c1. The molecule has 3 rings (SSSR count). The van der Waals surface area contributed by atoms with Crippen molar-refractivity contribution in [2.24, 2.45) is 5.73 Å². The van der Waals surface area contributed by atoms with Crippen LogP contribution in [0.5, 0.6) is 5.75 Å². The lowest BCUT2D eigenvalue weighted by Gasteiger charge is -2.15. The van der Waals surface area contributed by atoms with Gasteiger partial charge in [-0.3, -0.25) is 0 Å². The highest BCUT2D eigenvalue weighted by molar-refractivity contribution is 6.02. The molecule has 0 aliphatic heterocycles. The number of pyridine rings is 1. The zero-order valence-corrected chi connectivity index (χ0v) is 14.6. The fourth-order valence-corrected chi connectivity index (χ4v) is 3.07. The van der Waals surface area contributed by atoms with Crippen LogP contribution in [0.15, 0.2) is 36.4 Å². The van der Waals surface area contributed by atoms with E-state index in [-0.39, 0.29) is 6.04 Å². The van der Waals surface area contributed by atoms with Crippen molar-refractivity contribution in [1.82, 2.24) is 4.98 Å². The van der Waals surface area contributed by atoms with Crippen LogP contribution in [0.3, 0.4) is 0 Å². The highest BCUT2D eigenvalue weighted by Crippen LogP contribution is 2.33. The van der Waals surface area contributed by atoms with E-state index in [1.54, 1.807) is 7.11 Å². The molecule has 0 unspecified atom stereocenters. The lowest BCUT2D eigenvalue weighted by Crippen LogP contribution is -2.16. The van der Waals surface area contributed by atoms with Gasteiger partial charge in [0.1, 0.15) is 5.75 Å². The Labute approximate surface area is 143 Å². The summed E-state index contributed by atoms with van der Waals surface area (Å²) < 4.78 is 5.49. The summed E-state index contributed by atoms with van der Waals surface area (Å²) in [5.74, 6) is 0.845. The van der Waals surface area contributed by atoms with E-state index in [2.05, 4.69) is 36.5 Å². The molecular formula is C20H25N3O. The highest BCUT2D eigenvalue weighted by Gasteiger charge is 2.11. The summed E-state index contributed by atoms with van der Waals surface area (Å²) in [5, 5.41) is 5.82. The largest absolute Gasteiger partial charge is 0.497 e. The molecule has 2 aromatic carbocycles. The van der Waals surface area contributed by atoms with Crippen molar-refractivity contribution in [3.8, 4) is 5.75 Å². The topological polar surface area (TPSA) is 60.2 Å². The Kier molecular flexibility index (Phi) is 4.86. The molecule has 126 valence electrons. The van der Waals surface area contributed by atoms with E-state index in [0.717, 1.165) is 47.2 Å². The van der Waals surface area contributed by atoms with Crippen molar-refractivity contribution >= 4 is 27.5 Å². The van der Waals surface area contributed by atoms with Gasteiger partial charge in [0.15, 0.2) is 0 Å². The maximum absolute atomic E-state index is 5.83. The maximum atomic E-state index is 5.83. The van der Waals surface area contributed by atoms with Crippen LogP contribution < -0.4 is 15.8 Å². The number of aromatic nitrogens is 1. The van der Waals surface area contributed by atoms with Gasteiger partial charge >= 0.3 is 0 Å². The standard InChI is InChI=1S/C20H25N3O/c1-13(21)7-6-10-22-19-12-15(24-3)11-17-14(2)16-8-4-5-9-18(16)23-20(17)19/h4-5,8-9,11-13,22H,6-7,10,21H2,1-3H3/t13-/m1/s1. The fourth-order valence-electron chi connectivity index (χ4n) is 3.07. The zero-order valence-electron chi connectivity index (χ0n) is 14.6. The monoisotopic (exact) mass is 323 g/mol. The maximum Gasteiger partial charge on any atom is 0.121 e. The number of nitrogens with zero attached hydrogens (tertiary/aromatic N) is 1. The number of ether oxygens (including phenoxy) is 1. The first-order chi connectivity index (χ1) is 11.6. The van der Waals surface area contributed by atoms with Gasteiger partial charge in [-0.1, -0.05) is 18.2 Å². The van der Waals surface area contributed by atoms with Crippen LogP contribution in [0, 0.1) is 6.92 Å². The molecule has 24 heavy (non-hydrogen) atoms. The third-order valence-corrected chi connectivity index (χ3v) is 4.42. The highest BCUT2D eigenvalue weighted by atomic mass is 16.5. The van der Waals surface area contributed by atoms with Crippen molar-refractivity contribution in [2.75, 3.05) is 19.0 Å². The van der Waals surface area contributed by atoms with Crippen LogP contribution in [0.1, 0.15) is 25.3 Å². The minimum absolute atomic E-state index is 0.234. The molecule has 0 aliphatic carbocycles. The summed E-state index contributed by atoms with van der Waals surface area (Å²) in [6.07, 6.45) is 2.03. The number of anilines is 1. The van der Waals surface area contributed by atoms with E-state index in [1.807, 2.05) is 19.1 Å². The number of fused-ring (bicyclic) bond motifs is 2. The number of aryl methyl sites for hydroxylation is 1. The predicted molar refractivity (Wildman–Crippen MR) is 102 cm³/mol. The predicted octanol–water partition coefficient (Wildman–Crippen LogP) is 4.24. The summed E-state index contributed by atoms with van der Waals surface area (Å²) in [6.45, 7) is 5.06. The van der Waals surface area contributed by atoms with Crippen molar-refractivity contribution in [3.63, 3.8) is 0 Å². The van der Waals surface area contributed by atoms with Crippen molar-refractivity contribution in [1.29, 1.82) is 0 Å². The number of benzene rings is 2. The van der Waals surface area contributed by atoms with Crippen LogP contribution in [0.4, 0.5) is 5.69 Å². The summed E-state index contributed by atoms with van der Waals surface area (Å²) in [6, 6.07) is 12.6. The minimum atomic E-state index is 0.234. The van der Waals surface area contributed by atoms with Gasteiger partial charge in [0.25, 0.3) is 0 Å². The van der Waals surface area contributed by atoms with Gasteiger partial charge in [-0.2, -0.15) is 0 Å². The van der Waals surface area contributed by atoms with Gasteiger partial charge in [0.05, 0.1) is 23.8 Å². The summed E-state index contributed by atoms with van der Waals surface area (Å²) in [5.41, 5.74) is 10.1. The van der Waals surface area contributed by atoms with Crippen LogP contribution >= 0.6 is 0 Å². The van der Waals surface area contributed by atoms with E-state index in [0.29, 0.717) is 0 Å². The quantitative estimate of drug-likeness (QED) is 0.526. The second kappa shape index (κ2) is 7.05. The molecule has 1 atom stereocenters. The number of nitrogens with two attached hydrogens (primary N) is 1. The lowest BCUT2D eigenvalue weighted by atomic mass is 10.0. The Bertz CT molecular complexity index is 858. The Morgan fingerprint density at radius 2 is 2.00 bits per heavy atom.